The van der Waals surface area contributed by atoms with Crippen LogP contribution in [0.3, 0.4) is 0 Å². The first-order valence-electron chi connectivity index (χ1n) is 8.57. The van der Waals surface area contributed by atoms with Crippen molar-refractivity contribution in [2.24, 2.45) is 0 Å². The van der Waals surface area contributed by atoms with Crippen LogP contribution in [-0.4, -0.2) is 49.2 Å². The van der Waals surface area contributed by atoms with E-state index in [9.17, 15) is 18.4 Å². The summed E-state index contributed by atoms with van der Waals surface area (Å²) in [4.78, 5) is 36.5. The van der Waals surface area contributed by atoms with Gasteiger partial charge in [-0.3, -0.25) is 9.59 Å². The molecule has 2 aromatic heterocycles. The van der Waals surface area contributed by atoms with Gasteiger partial charge in [-0.25, -0.2) is 13.8 Å². The van der Waals surface area contributed by atoms with Crippen LogP contribution in [0.25, 0.3) is 10.9 Å². The van der Waals surface area contributed by atoms with Crippen LogP contribution in [0, 0.1) is 11.6 Å². The molecular formula is C20H22F2N2Na2O6S. The summed E-state index contributed by atoms with van der Waals surface area (Å²) in [5.41, 5.74) is 0.400. The van der Waals surface area contributed by atoms with Crippen LogP contribution in [0.15, 0.2) is 23.7 Å². The number of aromatic nitrogens is 2. The Bertz CT molecular complexity index is 1010. The number of methoxy groups -OCH3 is 1. The molecule has 0 fully saturated rings. The zero-order chi connectivity index (χ0) is 24.1. The number of fused-ring (bicyclic) bond motifs is 1. The van der Waals surface area contributed by atoms with Crippen molar-refractivity contribution in [3.63, 3.8) is 0 Å². The Balaban J connectivity index is -0.00000104. The molecule has 0 atom stereocenters. The Morgan fingerprint density at radius 2 is 1.73 bits per heavy atom. The molecule has 0 aliphatic carbocycles. The van der Waals surface area contributed by atoms with Crippen molar-refractivity contribution >= 4 is 40.6 Å². The first-order chi connectivity index (χ1) is 15.0. The third kappa shape index (κ3) is 9.36. The summed E-state index contributed by atoms with van der Waals surface area (Å²) in [6.07, 6.45) is 1.68. The minimum Gasteiger partial charge on any atom is -0.857 e. The first kappa shape index (κ1) is 36.7. The van der Waals surface area contributed by atoms with Gasteiger partial charge in [0.1, 0.15) is 30.8 Å². The van der Waals surface area contributed by atoms with Gasteiger partial charge in [0.05, 0.1) is 11.1 Å². The molecule has 33 heavy (non-hydrogen) atoms. The van der Waals surface area contributed by atoms with Gasteiger partial charge in [-0.2, -0.15) is 14.2 Å². The van der Waals surface area contributed by atoms with E-state index in [-0.39, 0.29) is 105 Å². The standard InChI is InChI=1S/C17H14F2N2O3S.2CH3O.CH2O.2Na/c1-3-14(22)13-7-25-17(20-13)16(23)11-6-21(8-24-2)15-10(11)4-9(18)5-12(15)19;3*1-2;;/h4-7H,3,8H2,1-2H3;2*1H3;1H2;;/q;2*-1;;2*+1. The monoisotopic (exact) mass is 502 g/mol. The van der Waals surface area contributed by atoms with E-state index >= 15 is 0 Å². The molecule has 3 aromatic rings. The molecule has 0 unspecified atom stereocenters. The number of Topliss-reactive ketones (excluding diaryl/α,β-unsaturated/α-hetero) is 1. The second-order valence-corrected chi connectivity index (χ2v) is 6.22. The molecule has 0 radical (unpaired) electrons. The van der Waals surface area contributed by atoms with Crippen molar-refractivity contribution in [1.82, 2.24) is 9.55 Å². The first-order valence-corrected chi connectivity index (χ1v) is 9.45. The number of nitrogens with zero attached hydrogens (tertiary/aromatic N) is 2. The van der Waals surface area contributed by atoms with Crippen molar-refractivity contribution < 1.29 is 97.2 Å². The van der Waals surface area contributed by atoms with Crippen LogP contribution in [0.4, 0.5) is 8.78 Å². The summed E-state index contributed by atoms with van der Waals surface area (Å²) in [5, 5.41) is 18.2. The summed E-state index contributed by atoms with van der Waals surface area (Å²) in [6.45, 7) is 3.71. The summed E-state index contributed by atoms with van der Waals surface area (Å²) >= 11 is 1.03. The number of ether oxygens (including phenoxy) is 1. The molecule has 0 bridgehead atoms. The minimum atomic E-state index is -0.785. The number of hydrogen-bond acceptors (Lipinski definition) is 8. The number of thiazole rings is 1. The third-order valence-corrected chi connectivity index (χ3v) is 4.55. The fraction of sp³-hybridized carbons (Fsp3) is 0.300. The van der Waals surface area contributed by atoms with Gasteiger partial charge in [-0.05, 0) is 6.07 Å². The Hall–Kier alpha value is -0.860. The zero-order valence-corrected chi connectivity index (χ0v) is 24.3. The maximum atomic E-state index is 14.2. The molecule has 13 heteroatoms. The van der Waals surface area contributed by atoms with Crippen LogP contribution in [0.1, 0.15) is 39.2 Å². The van der Waals surface area contributed by atoms with Crippen molar-refractivity contribution in [3.05, 3.63) is 51.6 Å². The van der Waals surface area contributed by atoms with E-state index in [2.05, 4.69) is 4.98 Å². The van der Waals surface area contributed by atoms with E-state index < -0.39 is 17.4 Å². The topological polar surface area (TPSA) is 124 Å². The summed E-state index contributed by atoms with van der Waals surface area (Å²) < 4.78 is 34.2. The molecule has 1 aromatic carbocycles. The van der Waals surface area contributed by atoms with E-state index in [1.807, 2.05) is 6.79 Å². The Labute approximate surface area is 238 Å². The molecule has 0 spiro atoms. The SMILES string of the molecule is C=O.CCC(=O)c1csc(C(=O)c2cn(COC)c3c(F)cc(F)cc23)n1.C[O-].C[O-].[Na+].[Na+]. The average molecular weight is 502 g/mol. The van der Waals surface area contributed by atoms with Gasteiger partial charge in [-0.1, -0.05) is 6.92 Å². The molecule has 8 nitrogen and oxygen atoms in total. The Kier molecular flexibility index (Phi) is 21.6. The summed E-state index contributed by atoms with van der Waals surface area (Å²) in [6, 6.07) is 1.85. The van der Waals surface area contributed by atoms with Gasteiger partial charge in [0.15, 0.2) is 10.8 Å². The summed E-state index contributed by atoms with van der Waals surface area (Å²) in [5.74, 6) is -2.23. The van der Waals surface area contributed by atoms with E-state index in [4.69, 9.17) is 19.7 Å². The Morgan fingerprint density at radius 3 is 2.24 bits per heavy atom. The maximum Gasteiger partial charge on any atom is 1.00 e. The van der Waals surface area contributed by atoms with Crippen molar-refractivity contribution in [2.75, 3.05) is 21.3 Å². The maximum absolute atomic E-state index is 14.2. The van der Waals surface area contributed by atoms with Gasteiger partial charge in [0.2, 0.25) is 5.78 Å². The van der Waals surface area contributed by atoms with Crippen LogP contribution in [0.5, 0.6) is 0 Å². The van der Waals surface area contributed by atoms with E-state index in [0.29, 0.717) is 0 Å². The minimum absolute atomic E-state index is 0. The molecule has 0 saturated heterocycles. The van der Waals surface area contributed by atoms with Gasteiger partial charge in [-0.15, -0.1) is 11.3 Å². The predicted molar refractivity (Wildman–Crippen MR) is 108 cm³/mol. The van der Waals surface area contributed by atoms with Crippen LogP contribution >= 0.6 is 11.3 Å². The van der Waals surface area contributed by atoms with Gasteiger partial charge >= 0.3 is 59.1 Å². The Morgan fingerprint density at radius 1 is 1.15 bits per heavy atom. The number of ketones is 2. The predicted octanol–water partition coefficient (Wildman–Crippen LogP) is -4.42. The van der Waals surface area contributed by atoms with E-state index in [1.54, 1.807) is 6.92 Å². The molecule has 3 rings (SSSR count). The quantitative estimate of drug-likeness (QED) is 0.246. The second-order valence-electron chi connectivity index (χ2n) is 5.36. The van der Waals surface area contributed by atoms with Crippen LogP contribution in [-0.2, 0) is 16.3 Å². The smallest absolute Gasteiger partial charge is 0.857 e. The number of rotatable bonds is 6. The van der Waals surface area contributed by atoms with E-state index in [0.717, 1.165) is 37.7 Å². The van der Waals surface area contributed by atoms with Crippen molar-refractivity contribution in [3.8, 4) is 0 Å². The number of hydrogen-bond donors (Lipinski definition) is 0. The largest absolute Gasteiger partial charge is 1.00 e. The fourth-order valence-electron chi connectivity index (χ4n) is 2.58. The van der Waals surface area contributed by atoms with Gasteiger partial charge in [0.25, 0.3) is 0 Å². The van der Waals surface area contributed by atoms with Crippen LogP contribution in [0.2, 0.25) is 0 Å². The summed E-state index contributed by atoms with van der Waals surface area (Å²) in [7, 11) is 2.93. The molecule has 0 amide bonds. The number of benzene rings is 1. The molecule has 170 valence electrons. The third-order valence-electron chi connectivity index (χ3n) is 3.71. The molecule has 0 aliphatic heterocycles. The number of carbonyl (C=O) groups is 3. The van der Waals surface area contributed by atoms with Gasteiger partial charge < -0.3 is 24.3 Å². The fourth-order valence-corrected chi connectivity index (χ4v) is 3.35. The number of halogens is 2. The van der Waals surface area contributed by atoms with Crippen LogP contribution < -0.4 is 69.3 Å². The normalized spacial score (nSPS) is 8.97. The molecule has 0 saturated carbocycles. The molecule has 2 heterocycles. The second kappa shape index (κ2) is 19.4. The molecular weight excluding hydrogens is 480 g/mol. The zero-order valence-electron chi connectivity index (χ0n) is 19.4. The van der Waals surface area contributed by atoms with E-state index in [1.165, 1.54) is 23.3 Å². The van der Waals surface area contributed by atoms with Crippen molar-refractivity contribution in [1.29, 1.82) is 0 Å². The molecule has 0 N–H and O–H groups in total. The average Bonchev–Trinajstić information content (AvgIpc) is 3.43. The molecule has 0 aliphatic rings. The van der Waals surface area contributed by atoms with Crippen molar-refractivity contribution in [2.45, 2.75) is 20.1 Å². The van der Waals surface area contributed by atoms with Gasteiger partial charge in [0, 0.05) is 36.6 Å². The number of carbonyl (C=O) groups excluding carboxylic acids is 3.